The second kappa shape index (κ2) is 15.6. The zero-order chi connectivity index (χ0) is 30.8. The molecule has 0 aromatic heterocycles. The summed E-state index contributed by atoms with van der Waals surface area (Å²) >= 11 is 0. The summed E-state index contributed by atoms with van der Waals surface area (Å²) in [4.78, 5) is 5.05. The average Bonchev–Trinajstić information content (AvgIpc) is 3.01. The highest BCUT2D eigenvalue weighted by Crippen LogP contribution is 2.42. The predicted molar refractivity (Wildman–Crippen MR) is 190 cm³/mol. The van der Waals surface area contributed by atoms with Crippen molar-refractivity contribution in [3.05, 3.63) is 83.2 Å². The summed E-state index contributed by atoms with van der Waals surface area (Å²) in [7, 11) is 0. The van der Waals surface area contributed by atoms with Gasteiger partial charge in [-0.2, -0.15) is 0 Å². The Balaban J connectivity index is 1.20. The Morgan fingerprint density at radius 1 is 0.455 bits per heavy atom. The number of fused-ring (bicyclic) bond motifs is 19. The molecular weight excluding hydrogens is 536 g/mol. The summed E-state index contributed by atoms with van der Waals surface area (Å²) in [5, 5.41) is 0. The SMILES string of the molecule is CC1=CC2(N)CCCCCCCCCCC3(N)C=C(C)N(CCCCCCCCCCN1c1ccccc12)c1ccccc13. The van der Waals surface area contributed by atoms with Gasteiger partial charge in [-0.15, -0.1) is 0 Å². The third-order valence-corrected chi connectivity index (χ3v) is 10.6. The van der Waals surface area contributed by atoms with Crippen molar-refractivity contribution >= 4 is 11.4 Å². The van der Waals surface area contributed by atoms with Gasteiger partial charge in [0.05, 0.1) is 11.1 Å². The predicted octanol–water partition coefficient (Wildman–Crippen LogP) is 10.2. The number of nitrogens with two attached hydrogens (primary N) is 2. The number of hydrogen-bond acceptors (Lipinski definition) is 4. The first kappa shape index (κ1) is 32.8. The van der Waals surface area contributed by atoms with Crippen LogP contribution in [-0.2, 0) is 11.1 Å². The molecule has 2 atom stereocenters. The first-order chi connectivity index (χ1) is 21.4. The maximum absolute atomic E-state index is 7.15. The number of rotatable bonds is 0. The molecule has 0 saturated carbocycles. The molecule has 0 aliphatic carbocycles. The van der Waals surface area contributed by atoms with Crippen molar-refractivity contribution < 1.29 is 0 Å². The molecule has 0 fully saturated rings. The van der Waals surface area contributed by atoms with Crippen LogP contribution in [0.15, 0.2) is 72.1 Å². The van der Waals surface area contributed by atoms with Crippen LogP contribution in [0.3, 0.4) is 0 Å². The monoisotopic (exact) mass is 596 g/mol. The Morgan fingerprint density at radius 2 is 0.773 bits per heavy atom. The molecule has 0 spiro atoms. The van der Waals surface area contributed by atoms with E-state index in [4.69, 9.17) is 11.5 Å². The van der Waals surface area contributed by atoms with Crippen LogP contribution in [-0.4, -0.2) is 13.1 Å². The van der Waals surface area contributed by atoms with E-state index in [1.165, 1.54) is 137 Å². The lowest BCUT2D eigenvalue weighted by atomic mass is 9.81. The first-order valence-corrected chi connectivity index (χ1v) is 18.1. The lowest BCUT2D eigenvalue weighted by Gasteiger charge is -2.40. The number of hydrogen-bond donors (Lipinski definition) is 2. The largest absolute Gasteiger partial charge is 0.345 e. The Hall–Kier alpha value is -2.56. The van der Waals surface area contributed by atoms with Gasteiger partial charge in [0, 0.05) is 35.9 Å². The number of anilines is 2. The first-order valence-electron chi connectivity index (χ1n) is 18.1. The van der Waals surface area contributed by atoms with E-state index in [1.807, 2.05) is 0 Å². The fourth-order valence-corrected chi connectivity index (χ4v) is 8.15. The van der Waals surface area contributed by atoms with Crippen molar-refractivity contribution in [1.82, 2.24) is 0 Å². The number of allylic oxidation sites excluding steroid dienone is 2. The van der Waals surface area contributed by atoms with Crippen molar-refractivity contribution in [2.24, 2.45) is 11.5 Å². The fraction of sp³-hybridized carbons (Fsp3) is 0.600. The van der Waals surface area contributed by atoms with Crippen molar-refractivity contribution in [2.45, 2.75) is 141 Å². The van der Waals surface area contributed by atoms with Gasteiger partial charge in [0.25, 0.3) is 0 Å². The van der Waals surface area contributed by atoms with Crippen LogP contribution in [0.5, 0.6) is 0 Å². The van der Waals surface area contributed by atoms with E-state index in [0.29, 0.717) is 0 Å². The smallest absolute Gasteiger partial charge is 0.0635 e. The minimum Gasteiger partial charge on any atom is -0.345 e. The fourth-order valence-electron chi connectivity index (χ4n) is 8.15. The molecule has 2 unspecified atom stereocenters. The standard InChI is InChI=1S/C40H60N4/c1-33-31-39(41)27-19-11-7-3-4-8-12-20-28-40(42)32-34(2)44(38-26-18-16-24-36(38)40)30-22-14-10-6-5-9-13-21-29-43(33)37-25-17-15-23-35(37)39/h15-18,23-26,31-32H,3-14,19-22,27-30,41-42H2,1-2H3. The summed E-state index contributed by atoms with van der Waals surface area (Å²) in [6, 6.07) is 17.8. The maximum atomic E-state index is 7.15. The molecule has 44 heavy (non-hydrogen) atoms. The van der Waals surface area contributed by atoms with E-state index in [1.54, 1.807) is 0 Å². The van der Waals surface area contributed by atoms with Crippen LogP contribution in [0, 0.1) is 0 Å². The molecule has 4 bridgehead atoms. The van der Waals surface area contributed by atoms with Crippen LogP contribution < -0.4 is 21.3 Å². The third kappa shape index (κ3) is 7.98. The highest BCUT2D eigenvalue weighted by molar-refractivity contribution is 5.65. The topological polar surface area (TPSA) is 58.5 Å². The van der Waals surface area contributed by atoms with Crippen LogP contribution >= 0.6 is 0 Å². The Labute approximate surface area is 269 Å². The van der Waals surface area contributed by atoms with E-state index in [0.717, 1.165) is 25.9 Å². The van der Waals surface area contributed by atoms with Crippen molar-refractivity contribution in [1.29, 1.82) is 0 Å². The molecule has 240 valence electrons. The van der Waals surface area contributed by atoms with Gasteiger partial charge < -0.3 is 21.3 Å². The van der Waals surface area contributed by atoms with E-state index in [9.17, 15) is 0 Å². The van der Waals surface area contributed by atoms with Gasteiger partial charge in [0.2, 0.25) is 0 Å². The van der Waals surface area contributed by atoms with Gasteiger partial charge in [-0.05, 0) is 74.9 Å². The summed E-state index contributed by atoms with van der Waals surface area (Å²) in [5.74, 6) is 0. The zero-order valence-corrected chi connectivity index (χ0v) is 28.0. The second-order valence-electron chi connectivity index (χ2n) is 14.1. The molecule has 6 rings (SSSR count). The maximum Gasteiger partial charge on any atom is 0.0635 e. The minimum absolute atomic E-state index is 0.348. The van der Waals surface area contributed by atoms with Gasteiger partial charge in [-0.3, -0.25) is 0 Å². The zero-order valence-electron chi connectivity index (χ0n) is 28.0. The molecule has 0 radical (unpaired) electrons. The molecule has 4 heterocycles. The number of benzene rings is 2. The molecule has 2 aromatic carbocycles. The van der Waals surface area contributed by atoms with Gasteiger partial charge in [-0.1, -0.05) is 126 Å². The lowest BCUT2D eigenvalue weighted by molar-refractivity contribution is 0.445. The molecule has 4 aliphatic heterocycles. The minimum atomic E-state index is -0.348. The van der Waals surface area contributed by atoms with Crippen molar-refractivity contribution in [3.8, 4) is 0 Å². The molecule has 2 aromatic rings. The number of nitrogens with zero attached hydrogens (tertiary/aromatic N) is 2. The Morgan fingerprint density at radius 3 is 1.16 bits per heavy atom. The van der Waals surface area contributed by atoms with E-state index in [2.05, 4.69) is 84.3 Å². The van der Waals surface area contributed by atoms with Crippen LogP contribution in [0.25, 0.3) is 0 Å². The second-order valence-corrected chi connectivity index (χ2v) is 14.1. The average molecular weight is 597 g/mol. The highest BCUT2D eigenvalue weighted by Gasteiger charge is 2.34. The van der Waals surface area contributed by atoms with Gasteiger partial charge >= 0.3 is 0 Å². The molecular formula is C40H60N4. The highest BCUT2D eigenvalue weighted by atomic mass is 15.2. The number of para-hydroxylation sites is 2. The molecule has 4 nitrogen and oxygen atoms in total. The molecule has 4 N–H and O–H groups in total. The van der Waals surface area contributed by atoms with Crippen LogP contribution in [0.1, 0.15) is 141 Å². The summed E-state index contributed by atoms with van der Waals surface area (Å²) < 4.78 is 0. The summed E-state index contributed by atoms with van der Waals surface area (Å²) in [6.45, 7) is 6.70. The third-order valence-electron chi connectivity index (χ3n) is 10.6. The van der Waals surface area contributed by atoms with Crippen LogP contribution in [0.2, 0.25) is 0 Å². The van der Waals surface area contributed by atoms with E-state index in [-0.39, 0.29) is 11.1 Å². The van der Waals surface area contributed by atoms with Crippen molar-refractivity contribution in [2.75, 3.05) is 22.9 Å². The Bertz CT molecular complexity index is 1170. The van der Waals surface area contributed by atoms with E-state index < -0.39 is 0 Å². The Kier molecular flexibility index (Phi) is 11.7. The molecule has 0 amide bonds. The van der Waals surface area contributed by atoms with Gasteiger partial charge in [0.15, 0.2) is 0 Å². The molecule has 0 saturated heterocycles. The van der Waals surface area contributed by atoms with E-state index >= 15 is 0 Å². The summed E-state index contributed by atoms with van der Waals surface area (Å²) in [6.07, 6.45) is 27.4. The van der Waals surface area contributed by atoms with Crippen molar-refractivity contribution in [3.63, 3.8) is 0 Å². The molecule has 4 aliphatic rings. The normalized spacial score (nSPS) is 27.0. The quantitative estimate of drug-likeness (QED) is 0.318. The lowest BCUT2D eigenvalue weighted by Crippen LogP contribution is -2.42. The van der Waals surface area contributed by atoms with Gasteiger partial charge in [-0.25, -0.2) is 0 Å². The van der Waals surface area contributed by atoms with Gasteiger partial charge in [0.1, 0.15) is 0 Å². The molecule has 4 heteroatoms. The van der Waals surface area contributed by atoms with Crippen LogP contribution in [0.4, 0.5) is 11.4 Å². The summed E-state index contributed by atoms with van der Waals surface area (Å²) in [5.41, 5.74) is 21.6.